The summed E-state index contributed by atoms with van der Waals surface area (Å²) in [4.78, 5) is 14.8. The minimum Gasteiger partial charge on any atom is -0.319 e. The fourth-order valence-corrected chi connectivity index (χ4v) is 2.71. The molecule has 1 amide bonds. The molecule has 2 heterocycles. The van der Waals surface area contributed by atoms with Crippen LogP contribution in [0.5, 0.6) is 0 Å². The summed E-state index contributed by atoms with van der Waals surface area (Å²) in [5.41, 5.74) is 2.59. The van der Waals surface area contributed by atoms with E-state index in [9.17, 15) is 4.79 Å². The van der Waals surface area contributed by atoms with Crippen molar-refractivity contribution in [2.45, 2.75) is 60.8 Å². The maximum Gasteiger partial charge on any atom is 0.213 e. The van der Waals surface area contributed by atoms with Gasteiger partial charge in [-0.05, 0) is 57.3 Å². The molecule has 3 nitrogen and oxygen atoms in total. The maximum atomic E-state index is 10.5. The van der Waals surface area contributed by atoms with Crippen molar-refractivity contribution in [3.8, 4) is 0 Å². The first-order valence-corrected chi connectivity index (χ1v) is 8.24. The molecule has 0 aromatic heterocycles. The topological polar surface area (TPSA) is 23.6 Å². The van der Waals surface area contributed by atoms with Crippen LogP contribution in [0, 0.1) is 5.92 Å². The predicted octanol–water partition coefficient (Wildman–Crippen LogP) is 3.91. The molecule has 20 heavy (non-hydrogen) atoms. The number of amides is 1. The van der Waals surface area contributed by atoms with Gasteiger partial charge in [0, 0.05) is 12.2 Å². The van der Waals surface area contributed by atoms with E-state index in [1.165, 1.54) is 38.0 Å². The van der Waals surface area contributed by atoms with Crippen LogP contribution in [0.1, 0.15) is 60.8 Å². The second-order valence-corrected chi connectivity index (χ2v) is 5.46. The smallest absolute Gasteiger partial charge is 0.213 e. The summed E-state index contributed by atoms with van der Waals surface area (Å²) < 4.78 is 0. The normalized spacial score (nSPS) is 18.6. The van der Waals surface area contributed by atoms with E-state index in [-0.39, 0.29) is 0 Å². The molecule has 118 valence electrons. The summed E-state index contributed by atoms with van der Waals surface area (Å²) in [5, 5.41) is 0. The van der Waals surface area contributed by atoms with E-state index in [0.717, 1.165) is 25.1 Å². The zero-order chi connectivity index (χ0) is 15.5. The van der Waals surface area contributed by atoms with Gasteiger partial charge in [-0.15, -0.1) is 0 Å². The molecule has 0 bridgehead atoms. The fourth-order valence-electron chi connectivity index (χ4n) is 2.71. The molecule has 0 spiro atoms. The van der Waals surface area contributed by atoms with Crippen molar-refractivity contribution >= 4 is 6.41 Å². The number of likely N-dealkylation sites (tertiary alicyclic amines) is 1. The Hall–Kier alpha value is -0.830. The van der Waals surface area contributed by atoms with Gasteiger partial charge < -0.3 is 9.80 Å². The van der Waals surface area contributed by atoms with E-state index in [0.29, 0.717) is 5.92 Å². The van der Waals surface area contributed by atoms with Gasteiger partial charge in [-0.1, -0.05) is 34.6 Å². The van der Waals surface area contributed by atoms with E-state index in [4.69, 9.17) is 0 Å². The van der Waals surface area contributed by atoms with Crippen molar-refractivity contribution < 1.29 is 4.79 Å². The number of hydrogen-bond donors (Lipinski definition) is 0. The first kappa shape index (κ1) is 19.2. The molecule has 0 aromatic rings. The molecule has 0 atom stereocenters. The van der Waals surface area contributed by atoms with E-state index >= 15 is 0 Å². The van der Waals surface area contributed by atoms with Gasteiger partial charge in [0.2, 0.25) is 6.41 Å². The molecule has 1 saturated heterocycles. The van der Waals surface area contributed by atoms with Crippen molar-refractivity contribution in [1.29, 1.82) is 0 Å². The highest BCUT2D eigenvalue weighted by Crippen LogP contribution is 2.26. The van der Waals surface area contributed by atoms with Crippen molar-refractivity contribution in [1.82, 2.24) is 9.80 Å². The van der Waals surface area contributed by atoms with Gasteiger partial charge in [-0.3, -0.25) is 4.79 Å². The first-order chi connectivity index (χ1) is 9.60. The second-order valence-electron chi connectivity index (χ2n) is 5.46. The largest absolute Gasteiger partial charge is 0.319 e. The van der Waals surface area contributed by atoms with Gasteiger partial charge >= 0.3 is 0 Å². The zero-order valence-electron chi connectivity index (χ0n) is 14.4. The number of carbonyl (C=O) groups excluding carboxylic acids is 1. The van der Waals surface area contributed by atoms with Crippen LogP contribution in [-0.4, -0.2) is 42.4 Å². The molecule has 0 aromatic carbocycles. The minimum absolute atomic E-state index is 0.583. The maximum absolute atomic E-state index is 10.5. The third-order valence-corrected chi connectivity index (χ3v) is 3.99. The molecular weight excluding hydrogens is 248 g/mol. The Balaban J connectivity index is 0.000000345. The van der Waals surface area contributed by atoms with Gasteiger partial charge in [0.25, 0.3) is 0 Å². The van der Waals surface area contributed by atoms with Crippen molar-refractivity contribution in [2.75, 3.05) is 26.2 Å². The van der Waals surface area contributed by atoms with Crippen LogP contribution in [0.2, 0.25) is 0 Å². The van der Waals surface area contributed by atoms with Gasteiger partial charge in [0.1, 0.15) is 0 Å². The highest BCUT2D eigenvalue weighted by Gasteiger charge is 2.19. The Morgan fingerprint density at radius 3 is 1.95 bits per heavy atom. The predicted molar refractivity (Wildman–Crippen MR) is 87.6 cm³/mol. The second kappa shape index (κ2) is 10.9. The Bertz CT molecular complexity index is 291. The lowest BCUT2D eigenvalue weighted by Gasteiger charge is -2.10. The van der Waals surface area contributed by atoms with Gasteiger partial charge in [0.05, 0.1) is 0 Å². The third kappa shape index (κ3) is 6.08. The number of hydrogen-bond acceptors (Lipinski definition) is 2. The average molecular weight is 282 g/mol. The van der Waals surface area contributed by atoms with Crippen molar-refractivity contribution in [3.05, 3.63) is 11.3 Å². The fraction of sp³-hybridized carbons (Fsp3) is 0.824. The van der Waals surface area contributed by atoms with E-state index < -0.39 is 0 Å². The van der Waals surface area contributed by atoms with Crippen molar-refractivity contribution in [3.63, 3.8) is 0 Å². The molecule has 0 radical (unpaired) electrons. The van der Waals surface area contributed by atoms with Crippen LogP contribution in [0.15, 0.2) is 11.3 Å². The molecule has 0 aliphatic carbocycles. The number of nitrogens with zero attached hydrogens (tertiary/aromatic N) is 2. The summed E-state index contributed by atoms with van der Waals surface area (Å²) >= 11 is 0. The highest BCUT2D eigenvalue weighted by molar-refractivity contribution is 5.53. The van der Waals surface area contributed by atoms with E-state index in [2.05, 4.69) is 25.7 Å². The van der Waals surface area contributed by atoms with Crippen LogP contribution in [-0.2, 0) is 4.79 Å². The van der Waals surface area contributed by atoms with Crippen LogP contribution in [0.4, 0.5) is 0 Å². The highest BCUT2D eigenvalue weighted by atomic mass is 16.1. The van der Waals surface area contributed by atoms with Gasteiger partial charge in [-0.2, -0.15) is 0 Å². The van der Waals surface area contributed by atoms with E-state index in [1.54, 1.807) is 4.90 Å². The Kier molecular flexibility index (Phi) is 10.4. The molecule has 0 saturated carbocycles. The van der Waals surface area contributed by atoms with Crippen LogP contribution in [0.25, 0.3) is 0 Å². The van der Waals surface area contributed by atoms with Crippen LogP contribution < -0.4 is 0 Å². The lowest BCUT2D eigenvalue weighted by molar-refractivity contribution is -0.116. The summed E-state index contributed by atoms with van der Waals surface area (Å²) in [6, 6.07) is 0. The Labute approximate surface area is 126 Å². The summed E-state index contributed by atoms with van der Waals surface area (Å²) in [5.74, 6) is 0.583. The van der Waals surface area contributed by atoms with E-state index in [1.807, 2.05) is 20.8 Å². The molecule has 2 aliphatic heterocycles. The molecule has 0 unspecified atom stereocenters. The zero-order valence-corrected chi connectivity index (χ0v) is 14.4. The van der Waals surface area contributed by atoms with Crippen molar-refractivity contribution in [2.24, 2.45) is 5.92 Å². The number of rotatable bonds is 3. The summed E-state index contributed by atoms with van der Waals surface area (Å²) in [6.07, 6.45) is 4.83. The third-order valence-electron chi connectivity index (χ3n) is 3.99. The summed E-state index contributed by atoms with van der Waals surface area (Å²) in [7, 11) is 0. The Morgan fingerprint density at radius 2 is 1.70 bits per heavy atom. The molecule has 2 aliphatic rings. The number of allylic oxidation sites excluding steroid dienone is 1. The average Bonchev–Trinajstić information content (AvgIpc) is 3.10. The van der Waals surface area contributed by atoms with Gasteiger partial charge in [0.15, 0.2) is 0 Å². The quantitative estimate of drug-likeness (QED) is 0.733. The molecule has 3 heteroatoms. The monoisotopic (exact) mass is 282 g/mol. The SMILES string of the molecule is CC.CC1=C(C(C)C)CCN1C=O.CCN1CCCC1. The lowest BCUT2D eigenvalue weighted by atomic mass is 10.0. The van der Waals surface area contributed by atoms with Crippen LogP contribution >= 0.6 is 0 Å². The lowest BCUT2D eigenvalue weighted by Crippen LogP contribution is -2.17. The molecular formula is C17H34N2O. The first-order valence-electron chi connectivity index (χ1n) is 8.24. The number of carbonyl (C=O) groups is 1. The van der Waals surface area contributed by atoms with Gasteiger partial charge in [-0.25, -0.2) is 0 Å². The molecule has 2 rings (SSSR count). The Morgan fingerprint density at radius 1 is 1.15 bits per heavy atom. The minimum atomic E-state index is 0.583. The van der Waals surface area contributed by atoms with Crippen LogP contribution in [0.3, 0.4) is 0 Å². The standard InChI is InChI=1S/C9H15NO.C6H13N.C2H6/c1-7(2)9-4-5-10(6-11)8(9)3;1-2-7-5-3-4-6-7;1-2/h6-7H,4-5H2,1-3H3;2-6H2,1H3;1-2H3. The molecule has 1 fully saturated rings. The summed E-state index contributed by atoms with van der Waals surface area (Å²) in [6.45, 7) is 17.4. The molecule has 0 N–H and O–H groups in total.